The zero-order chi connectivity index (χ0) is 22.1. The lowest BCUT2D eigenvalue weighted by Crippen LogP contribution is -2.52. The molecule has 8 heteroatoms. The summed E-state index contributed by atoms with van der Waals surface area (Å²) >= 11 is 3.37. The predicted octanol–water partition coefficient (Wildman–Crippen LogP) is 2.81. The molecule has 7 nitrogen and oxygen atoms in total. The van der Waals surface area contributed by atoms with E-state index >= 15 is 0 Å². The fourth-order valence-electron chi connectivity index (χ4n) is 4.01. The summed E-state index contributed by atoms with van der Waals surface area (Å²) in [6, 6.07) is 11.3. The number of piperazine rings is 1. The maximum atomic E-state index is 12.5. The molecule has 1 fully saturated rings. The molecule has 0 atom stereocenters. The van der Waals surface area contributed by atoms with Crippen LogP contribution in [-0.4, -0.2) is 66.8 Å². The number of hydrogen-bond acceptors (Lipinski definition) is 5. The van der Waals surface area contributed by atoms with Crippen LogP contribution in [0.4, 0.5) is 11.4 Å². The lowest BCUT2D eigenvalue weighted by Gasteiger charge is -2.36. The minimum atomic E-state index is -0.489. The summed E-state index contributed by atoms with van der Waals surface area (Å²) in [4.78, 5) is 43.1. The van der Waals surface area contributed by atoms with E-state index in [4.69, 9.17) is 0 Å². The second kappa shape index (κ2) is 8.90. The van der Waals surface area contributed by atoms with Crippen molar-refractivity contribution in [1.82, 2.24) is 9.80 Å². The summed E-state index contributed by atoms with van der Waals surface area (Å²) in [5.41, 5.74) is 4.17. The van der Waals surface area contributed by atoms with Crippen LogP contribution in [0.5, 0.6) is 0 Å². The molecule has 0 aliphatic carbocycles. The Morgan fingerprint density at radius 1 is 1.00 bits per heavy atom. The smallest absolute Gasteiger partial charge is 0.300 e. The Morgan fingerprint density at radius 3 is 2.42 bits per heavy atom. The number of aryl methyl sites for hydroxylation is 1. The Morgan fingerprint density at radius 2 is 1.68 bits per heavy atom. The monoisotopic (exact) mass is 484 g/mol. The summed E-state index contributed by atoms with van der Waals surface area (Å²) in [5.74, 6) is -0.984. The molecule has 162 valence electrons. The van der Waals surface area contributed by atoms with Gasteiger partial charge in [0.2, 0.25) is 5.91 Å². The molecule has 31 heavy (non-hydrogen) atoms. The maximum absolute atomic E-state index is 12.5. The van der Waals surface area contributed by atoms with Crippen LogP contribution in [0.25, 0.3) is 0 Å². The summed E-state index contributed by atoms with van der Waals surface area (Å²) in [5, 5.41) is 3.01. The number of carbonyl (C=O) groups is 3. The van der Waals surface area contributed by atoms with E-state index in [1.54, 1.807) is 17.0 Å². The molecule has 0 aromatic heterocycles. The highest BCUT2D eigenvalue weighted by atomic mass is 79.9. The first-order valence-corrected chi connectivity index (χ1v) is 11.1. The van der Waals surface area contributed by atoms with Crippen LogP contribution in [0.15, 0.2) is 40.9 Å². The minimum Gasteiger partial charge on any atom is -0.325 e. The van der Waals surface area contributed by atoms with Crippen LogP contribution in [0.1, 0.15) is 21.5 Å². The zero-order valence-corrected chi connectivity index (χ0v) is 19.2. The van der Waals surface area contributed by atoms with Crippen LogP contribution >= 0.6 is 15.9 Å². The van der Waals surface area contributed by atoms with Gasteiger partial charge in [-0.25, -0.2) is 0 Å². The first-order valence-electron chi connectivity index (χ1n) is 10.3. The lowest BCUT2D eigenvalue weighted by atomic mass is 10.1. The van der Waals surface area contributed by atoms with Gasteiger partial charge in [-0.15, -0.1) is 0 Å². The second-order valence-electron chi connectivity index (χ2n) is 8.03. The van der Waals surface area contributed by atoms with Gasteiger partial charge in [-0.05, 0) is 59.1 Å². The van der Waals surface area contributed by atoms with Crippen molar-refractivity contribution >= 4 is 44.9 Å². The average molecular weight is 485 g/mol. The van der Waals surface area contributed by atoms with E-state index in [-0.39, 0.29) is 5.91 Å². The van der Waals surface area contributed by atoms with Gasteiger partial charge >= 0.3 is 5.91 Å². The molecule has 4 rings (SSSR count). The first kappa shape index (κ1) is 21.7. The fourth-order valence-corrected chi connectivity index (χ4v) is 4.55. The number of fused-ring (bicyclic) bond motifs is 1. The molecule has 0 radical (unpaired) electrons. The summed E-state index contributed by atoms with van der Waals surface area (Å²) in [7, 11) is 0. The highest BCUT2D eigenvalue weighted by Gasteiger charge is 2.38. The lowest BCUT2D eigenvalue weighted by molar-refractivity contribution is -0.117. The van der Waals surface area contributed by atoms with Gasteiger partial charge in [0, 0.05) is 36.3 Å². The average Bonchev–Trinajstić information content (AvgIpc) is 2.98. The highest BCUT2D eigenvalue weighted by Crippen LogP contribution is 2.34. The normalized spacial score (nSPS) is 17.2. The van der Waals surface area contributed by atoms with Crippen molar-refractivity contribution in [2.45, 2.75) is 13.8 Å². The van der Waals surface area contributed by atoms with Gasteiger partial charge in [0.25, 0.3) is 5.78 Å². The Balaban J connectivity index is 1.31. The molecule has 0 bridgehead atoms. The summed E-state index contributed by atoms with van der Waals surface area (Å²) in [6.45, 7) is 7.62. The number of ketones is 1. The molecular formula is C23H25BrN4O3. The number of nitrogens with one attached hydrogen (secondary N) is 1. The number of carbonyl (C=O) groups excluding carboxylic acids is 3. The SMILES string of the molecule is Cc1cccc(NC(=O)CN2CCN(CN3C(=O)C(=O)c4c(Br)cccc43)CC2)c1C. The third-order valence-corrected chi connectivity index (χ3v) is 6.66. The zero-order valence-electron chi connectivity index (χ0n) is 17.7. The predicted molar refractivity (Wildman–Crippen MR) is 123 cm³/mol. The molecule has 0 spiro atoms. The summed E-state index contributed by atoms with van der Waals surface area (Å²) in [6.07, 6.45) is 0. The molecule has 2 aromatic rings. The number of benzene rings is 2. The van der Waals surface area contributed by atoms with Gasteiger partial charge in [0.1, 0.15) is 0 Å². The van der Waals surface area contributed by atoms with Crippen LogP contribution in [0.3, 0.4) is 0 Å². The van der Waals surface area contributed by atoms with Crippen molar-refractivity contribution in [2.75, 3.05) is 49.6 Å². The summed E-state index contributed by atoms with van der Waals surface area (Å²) < 4.78 is 0.644. The topological polar surface area (TPSA) is 73.0 Å². The third-order valence-electron chi connectivity index (χ3n) is 6.00. The van der Waals surface area contributed by atoms with Gasteiger partial charge in [0.05, 0.1) is 24.5 Å². The largest absolute Gasteiger partial charge is 0.325 e. The third kappa shape index (κ3) is 4.42. The van der Waals surface area contributed by atoms with Gasteiger partial charge in [-0.2, -0.15) is 0 Å². The van der Waals surface area contributed by atoms with Gasteiger partial charge in [0.15, 0.2) is 0 Å². The molecule has 2 aromatic carbocycles. The number of nitrogens with zero attached hydrogens (tertiary/aromatic N) is 3. The standard InChI is InChI=1S/C23H25BrN4O3/c1-15-5-3-7-18(16(15)2)25-20(29)13-26-9-11-27(12-10-26)14-28-19-8-4-6-17(24)21(19)22(30)23(28)31/h3-8H,9-14H2,1-2H3,(H,25,29). The van der Waals surface area contributed by atoms with E-state index in [9.17, 15) is 14.4 Å². The fraction of sp³-hybridized carbons (Fsp3) is 0.348. The molecular weight excluding hydrogens is 460 g/mol. The van der Waals surface area contributed by atoms with E-state index in [0.29, 0.717) is 28.9 Å². The van der Waals surface area contributed by atoms with E-state index < -0.39 is 11.7 Å². The van der Waals surface area contributed by atoms with Crippen molar-refractivity contribution in [3.63, 3.8) is 0 Å². The molecule has 2 aliphatic rings. The van der Waals surface area contributed by atoms with E-state index in [2.05, 4.69) is 31.0 Å². The Labute approximate surface area is 190 Å². The molecule has 1 N–H and O–H groups in total. The van der Waals surface area contributed by atoms with Gasteiger partial charge in [-0.1, -0.05) is 18.2 Å². The number of halogens is 1. The van der Waals surface area contributed by atoms with E-state index in [1.165, 1.54) is 0 Å². The van der Waals surface area contributed by atoms with Crippen LogP contribution in [0, 0.1) is 13.8 Å². The molecule has 1 saturated heterocycles. The van der Waals surface area contributed by atoms with Crippen molar-refractivity contribution in [2.24, 2.45) is 0 Å². The second-order valence-corrected chi connectivity index (χ2v) is 8.88. The van der Waals surface area contributed by atoms with Crippen LogP contribution in [-0.2, 0) is 9.59 Å². The van der Waals surface area contributed by atoms with E-state index in [1.807, 2.05) is 38.1 Å². The Kier molecular flexibility index (Phi) is 6.22. The molecule has 2 aliphatic heterocycles. The van der Waals surface area contributed by atoms with Crippen LogP contribution < -0.4 is 10.2 Å². The quantitative estimate of drug-likeness (QED) is 0.660. The van der Waals surface area contributed by atoms with Gasteiger partial charge < -0.3 is 5.32 Å². The maximum Gasteiger partial charge on any atom is 0.300 e. The van der Waals surface area contributed by atoms with Crippen molar-refractivity contribution in [1.29, 1.82) is 0 Å². The van der Waals surface area contributed by atoms with E-state index in [0.717, 1.165) is 43.0 Å². The Hall–Kier alpha value is -2.55. The first-order chi connectivity index (χ1) is 14.8. The van der Waals surface area contributed by atoms with Crippen LogP contribution in [0.2, 0.25) is 0 Å². The number of anilines is 2. The number of rotatable bonds is 5. The minimum absolute atomic E-state index is 0.0266. The molecule has 2 amide bonds. The number of amides is 2. The Bertz CT molecular complexity index is 1050. The molecule has 2 heterocycles. The molecule has 0 unspecified atom stereocenters. The van der Waals surface area contributed by atoms with Gasteiger partial charge in [-0.3, -0.25) is 29.1 Å². The number of hydrogen-bond donors (Lipinski definition) is 1. The molecule has 0 saturated carbocycles. The van der Waals surface area contributed by atoms with Crippen molar-refractivity contribution in [3.05, 3.63) is 57.6 Å². The van der Waals surface area contributed by atoms with Crippen molar-refractivity contribution in [3.8, 4) is 0 Å². The number of Topliss-reactive ketones (excluding diaryl/α,β-unsaturated/α-hetero) is 1. The highest BCUT2D eigenvalue weighted by molar-refractivity contribution is 9.10. The van der Waals surface area contributed by atoms with Crippen molar-refractivity contribution < 1.29 is 14.4 Å².